The maximum atomic E-state index is 12.8. The molecule has 0 aromatic heterocycles. The third-order valence-corrected chi connectivity index (χ3v) is 4.95. The van der Waals surface area contributed by atoms with Crippen molar-refractivity contribution in [1.82, 2.24) is 5.32 Å². The standard InChI is InChI=1S/C24H31N3O3/c1-4-29-21-12-10-18(11-13-21)23(28)27-24(25-16-22-9-6-14-30-22)26-20-8-5-7-19(15-20)17(2)3/h5,7-8,10-13,15,17,22H,4,6,9,14,16H2,1-3H3,(H2,25,26,27,28)/t22-/m1/s1. The van der Waals surface area contributed by atoms with Crippen molar-refractivity contribution in [2.24, 2.45) is 4.99 Å². The molecule has 1 aliphatic heterocycles. The molecule has 1 aliphatic rings. The Morgan fingerprint density at radius 3 is 2.70 bits per heavy atom. The number of hydrogen-bond acceptors (Lipinski definition) is 4. The van der Waals surface area contributed by atoms with E-state index in [9.17, 15) is 4.79 Å². The van der Waals surface area contributed by atoms with Gasteiger partial charge in [0.2, 0.25) is 5.96 Å². The van der Waals surface area contributed by atoms with Gasteiger partial charge in [-0.25, -0.2) is 4.99 Å². The highest BCUT2D eigenvalue weighted by molar-refractivity contribution is 6.10. The van der Waals surface area contributed by atoms with Gasteiger partial charge in [-0.15, -0.1) is 0 Å². The molecule has 6 nitrogen and oxygen atoms in total. The Labute approximate surface area is 178 Å². The Morgan fingerprint density at radius 2 is 2.03 bits per heavy atom. The van der Waals surface area contributed by atoms with Crippen molar-refractivity contribution >= 4 is 17.6 Å². The molecule has 160 valence electrons. The molecular formula is C24H31N3O3. The maximum Gasteiger partial charge on any atom is 0.257 e. The first-order valence-corrected chi connectivity index (χ1v) is 10.6. The monoisotopic (exact) mass is 409 g/mol. The van der Waals surface area contributed by atoms with Crippen LogP contribution in [0.3, 0.4) is 0 Å². The van der Waals surface area contributed by atoms with Crippen LogP contribution in [0.5, 0.6) is 5.75 Å². The fourth-order valence-electron chi connectivity index (χ4n) is 3.25. The van der Waals surface area contributed by atoms with Crippen molar-refractivity contribution in [1.29, 1.82) is 0 Å². The molecular weight excluding hydrogens is 378 g/mol. The molecule has 1 amide bonds. The summed E-state index contributed by atoms with van der Waals surface area (Å²) in [6.07, 6.45) is 2.15. The molecule has 2 aromatic carbocycles. The highest BCUT2D eigenvalue weighted by Gasteiger charge is 2.16. The summed E-state index contributed by atoms with van der Waals surface area (Å²) < 4.78 is 11.1. The van der Waals surface area contributed by atoms with Crippen molar-refractivity contribution in [3.8, 4) is 5.75 Å². The van der Waals surface area contributed by atoms with Gasteiger partial charge in [0.05, 0.1) is 19.3 Å². The minimum Gasteiger partial charge on any atom is -0.494 e. The minimum atomic E-state index is -0.225. The van der Waals surface area contributed by atoms with Crippen LogP contribution in [0.25, 0.3) is 0 Å². The fourth-order valence-corrected chi connectivity index (χ4v) is 3.25. The maximum absolute atomic E-state index is 12.8. The van der Waals surface area contributed by atoms with Crippen LogP contribution in [-0.4, -0.2) is 37.7 Å². The molecule has 1 saturated heterocycles. The van der Waals surface area contributed by atoms with Gasteiger partial charge in [0.15, 0.2) is 0 Å². The number of carbonyl (C=O) groups excluding carboxylic acids is 1. The van der Waals surface area contributed by atoms with Crippen LogP contribution in [0.2, 0.25) is 0 Å². The summed E-state index contributed by atoms with van der Waals surface area (Å²) >= 11 is 0. The van der Waals surface area contributed by atoms with Crippen molar-refractivity contribution in [3.05, 3.63) is 59.7 Å². The number of carbonyl (C=O) groups is 1. The SMILES string of the molecule is CCOc1ccc(C(=O)NC(=NC[C@H]2CCCO2)Nc2cccc(C(C)C)c2)cc1. The molecule has 2 N–H and O–H groups in total. The Kier molecular flexibility index (Phi) is 7.85. The number of nitrogens with one attached hydrogen (secondary N) is 2. The number of nitrogens with zero attached hydrogens (tertiary/aromatic N) is 1. The lowest BCUT2D eigenvalue weighted by Gasteiger charge is -2.15. The second kappa shape index (κ2) is 10.8. The van der Waals surface area contributed by atoms with Gasteiger partial charge in [-0.3, -0.25) is 10.1 Å². The summed E-state index contributed by atoms with van der Waals surface area (Å²) in [5, 5.41) is 6.18. The lowest BCUT2D eigenvalue weighted by Crippen LogP contribution is -2.36. The van der Waals surface area contributed by atoms with Gasteiger partial charge in [-0.1, -0.05) is 26.0 Å². The molecule has 0 radical (unpaired) electrons. The van der Waals surface area contributed by atoms with Crippen LogP contribution >= 0.6 is 0 Å². The van der Waals surface area contributed by atoms with E-state index in [1.54, 1.807) is 24.3 Å². The van der Waals surface area contributed by atoms with E-state index in [1.807, 2.05) is 19.1 Å². The summed E-state index contributed by atoms with van der Waals surface area (Å²) in [6.45, 7) is 8.11. The van der Waals surface area contributed by atoms with E-state index in [2.05, 4.69) is 41.6 Å². The largest absolute Gasteiger partial charge is 0.494 e. The predicted octanol–water partition coefficient (Wildman–Crippen LogP) is 4.59. The van der Waals surface area contributed by atoms with Gasteiger partial charge in [-0.05, 0) is 67.6 Å². The van der Waals surface area contributed by atoms with E-state index < -0.39 is 0 Å². The molecule has 2 aromatic rings. The van der Waals surface area contributed by atoms with E-state index in [0.29, 0.717) is 30.6 Å². The first kappa shape index (κ1) is 21.8. The Balaban J connectivity index is 1.73. The second-order valence-electron chi connectivity index (χ2n) is 7.64. The molecule has 1 heterocycles. The van der Waals surface area contributed by atoms with E-state index in [-0.39, 0.29) is 12.0 Å². The quantitative estimate of drug-likeness (QED) is 0.518. The van der Waals surface area contributed by atoms with Crippen LogP contribution < -0.4 is 15.4 Å². The lowest BCUT2D eigenvalue weighted by atomic mass is 10.0. The molecule has 1 fully saturated rings. The molecule has 1 atom stereocenters. The predicted molar refractivity (Wildman–Crippen MR) is 121 cm³/mol. The van der Waals surface area contributed by atoms with E-state index in [4.69, 9.17) is 9.47 Å². The number of benzene rings is 2. The molecule has 0 spiro atoms. The lowest BCUT2D eigenvalue weighted by molar-refractivity contribution is 0.0975. The zero-order valence-electron chi connectivity index (χ0n) is 18.0. The molecule has 0 bridgehead atoms. The first-order valence-electron chi connectivity index (χ1n) is 10.6. The van der Waals surface area contributed by atoms with E-state index >= 15 is 0 Å². The second-order valence-corrected chi connectivity index (χ2v) is 7.64. The fraction of sp³-hybridized carbons (Fsp3) is 0.417. The minimum absolute atomic E-state index is 0.103. The van der Waals surface area contributed by atoms with Crippen molar-refractivity contribution < 1.29 is 14.3 Å². The molecule has 3 rings (SSSR count). The Morgan fingerprint density at radius 1 is 1.23 bits per heavy atom. The van der Waals surface area contributed by atoms with Gasteiger partial charge in [0.1, 0.15) is 5.75 Å². The Bertz CT molecular complexity index is 856. The summed E-state index contributed by atoms with van der Waals surface area (Å²) in [5.74, 6) is 1.35. The number of aliphatic imine (C=N–C) groups is 1. The van der Waals surface area contributed by atoms with Crippen LogP contribution in [0.4, 0.5) is 5.69 Å². The molecule has 30 heavy (non-hydrogen) atoms. The van der Waals surface area contributed by atoms with Crippen LogP contribution in [0, 0.1) is 0 Å². The summed E-state index contributed by atoms with van der Waals surface area (Å²) in [6, 6.07) is 15.2. The highest BCUT2D eigenvalue weighted by atomic mass is 16.5. The van der Waals surface area contributed by atoms with Gasteiger partial charge in [-0.2, -0.15) is 0 Å². The first-order chi connectivity index (χ1) is 14.5. The number of hydrogen-bond donors (Lipinski definition) is 2. The average molecular weight is 410 g/mol. The summed E-state index contributed by atoms with van der Waals surface area (Å²) in [7, 11) is 0. The third kappa shape index (κ3) is 6.32. The summed E-state index contributed by atoms with van der Waals surface area (Å²) in [4.78, 5) is 17.4. The van der Waals surface area contributed by atoms with Crippen LogP contribution in [0.15, 0.2) is 53.5 Å². The number of ether oxygens (including phenoxy) is 2. The van der Waals surface area contributed by atoms with Gasteiger partial charge < -0.3 is 14.8 Å². The topological polar surface area (TPSA) is 72.0 Å². The van der Waals surface area contributed by atoms with Gasteiger partial charge >= 0.3 is 0 Å². The van der Waals surface area contributed by atoms with E-state index in [0.717, 1.165) is 30.9 Å². The zero-order valence-corrected chi connectivity index (χ0v) is 18.0. The van der Waals surface area contributed by atoms with Gasteiger partial charge in [0, 0.05) is 17.9 Å². The Hall–Kier alpha value is -2.86. The number of amides is 1. The number of rotatable bonds is 7. The number of guanidine groups is 1. The van der Waals surface area contributed by atoms with Crippen molar-refractivity contribution in [2.45, 2.75) is 45.6 Å². The van der Waals surface area contributed by atoms with Crippen molar-refractivity contribution in [3.63, 3.8) is 0 Å². The third-order valence-electron chi connectivity index (χ3n) is 4.95. The normalized spacial score (nSPS) is 16.5. The summed E-state index contributed by atoms with van der Waals surface area (Å²) in [5.41, 5.74) is 2.65. The van der Waals surface area contributed by atoms with Gasteiger partial charge in [0.25, 0.3) is 5.91 Å². The van der Waals surface area contributed by atoms with E-state index in [1.165, 1.54) is 5.56 Å². The van der Waals surface area contributed by atoms with Crippen molar-refractivity contribution in [2.75, 3.05) is 25.1 Å². The molecule has 0 saturated carbocycles. The highest BCUT2D eigenvalue weighted by Crippen LogP contribution is 2.19. The molecule has 0 aliphatic carbocycles. The molecule has 0 unspecified atom stereocenters. The number of anilines is 1. The average Bonchev–Trinajstić information content (AvgIpc) is 3.26. The van der Waals surface area contributed by atoms with Crippen LogP contribution in [-0.2, 0) is 4.74 Å². The smallest absolute Gasteiger partial charge is 0.257 e. The zero-order chi connectivity index (χ0) is 21.3. The molecule has 6 heteroatoms. The van der Waals surface area contributed by atoms with Crippen LogP contribution in [0.1, 0.15) is 55.5 Å².